The number of hydrogen-bond donors (Lipinski definition) is 2. The predicted molar refractivity (Wildman–Crippen MR) is 120 cm³/mol. The van der Waals surface area contributed by atoms with Crippen LogP contribution in [0.25, 0.3) is 0 Å². The molecule has 6 heteroatoms. The highest BCUT2D eigenvalue weighted by Crippen LogP contribution is 2.23. The molecule has 30 heavy (non-hydrogen) atoms. The molecule has 0 aliphatic carbocycles. The first-order valence-electron chi connectivity index (χ1n) is 10.4. The van der Waals surface area contributed by atoms with Crippen LogP contribution in [0.3, 0.4) is 0 Å². The van der Waals surface area contributed by atoms with Gasteiger partial charge in [-0.2, -0.15) is 0 Å². The van der Waals surface area contributed by atoms with Crippen molar-refractivity contribution in [3.8, 4) is 5.75 Å². The zero-order chi connectivity index (χ0) is 21.2. The SMILES string of the molecule is C=CCOc1ccccc1NC(=O)CNc1ccc(C(=O)N2CCCCCC2)cc1. The Morgan fingerprint density at radius 2 is 1.70 bits per heavy atom. The van der Waals surface area contributed by atoms with Crippen LogP contribution in [0, 0.1) is 0 Å². The first kappa shape index (κ1) is 21.4. The van der Waals surface area contributed by atoms with Crippen molar-refractivity contribution in [2.24, 2.45) is 0 Å². The van der Waals surface area contributed by atoms with Crippen LogP contribution in [0.5, 0.6) is 5.75 Å². The van der Waals surface area contributed by atoms with Gasteiger partial charge >= 0.3 is 0 Å². The van der Waals surface area contributed by atoms with Gasteiger partial charge in [0.2, 0.25) is 5.91 Å². The number of benzene rings is 2. The quantitative estimate of drug-likeness (QED) is 0.640. The van der Waals surface area contributed by atoms with Crippen LogP contribution in [0.2, 0.25) is 0 Å². The number of hydrogen-bond acceptors (Lipinski definition) is 4. The summed E-state index contributed by atoms with van der Waals surface area (Å²) in [5, 5.41) is 5.94. The third-order valence-electron chi connectivity index (χ3n) is 5.00. The smallest absolute Gasteiger partial charge is 0.253 e. The lowest BCUT2D eigenvalue weighted by atomic mass is 10.1. The standard InChI is InChI=1S/C24H29N3O3/c1-2-17-30-22-10-6-5-9-21(22)26-23(28)18-25-20-13-11-19(12-14-20)24(29)27-15-7-3-4-8-16-27/h2,5-6,9-14,25H,1,3-4,7-8,15-18H2,(H,26,28). The Kier molecular flexibility index (Phi) is 7.89. The van der Waals surface area contributed by atoms with E-state index in [1.54, 1.807) is 18.2 Å². The van der Waals surface area contributed by atoms with Gasteiger partial charge in [0.25, 0.3) is 5.91 Å². The summed E-state index contributed by atoms with van der Waals surface area (Å²) in [5.41, 5.74) is 2.08. The number of carbonyl (C=O) groups excluding carboxylic acids is 2. The van der Waals surface area contributed by atoms with Gasteiger partial charge in [0.15, 0.2) is 0 Å². The predicted octanol–water partition coefficient (Wildman–Crippen LogP) is 4.32. The number of amides is 2. The summed E-state index contributed by atoms with van der Waals surface area (Å²) in [6.07, 6.45) is 6.19. The van der Waals surface area contributed by atoms with E-state index in [9.17, 15) is 9.59 Å². The van der Waals surface area contributed by atoms with Gasteiger partial charge in [-0.25, -0.2) is 0 Å². The molecular formula is C24H29N3O3. The van der Waals surface area contributed by atoms with Crippen molar-refractivity contribution in [3.63, 3.8) is 0 Å². The molecule has 0 atom stereocenters. The third-order valence-corrected chi connectivity index (χ3v) is 5.00. The first-order valence-corrected chi connectivity index (χ1v) is 10.4. The van der Waals surface area contributed by atoms with Crippen molar-refractivity contribution in [1.82, 2.24) is 4.90 Å². The van der Waals surface area contributed by atoms with Crippen molar-refractivity contribution in [2.75, 3.05) is 36.9 Å². The minimum atomic E-state index is -0.186. The average molecular weight is 408 g/mol. The molecule has 1 aliphatic heterocycles. The molecule has 0 spiro atoms. The first-order chi connectivity index (χ1) is 14.7. The van der Waals surface area contributed by atoms with Gasteiger partial charge < -0.3 is 20.3 Å². The van der Waals surface area contributed by atoms with Crippen LogP contribution in [0.4, 0.5) is 11.4 Å². The summed E-state index contributed by atoms with van der Waals surface area (Å²) in [4.78, 5) is 26.9. The molecule has 1 saturated heterocycles. The van der Waals surface area contributed by atoms with Gasteiger partial charge in [0.1, 0.15) is 12.4 Å². The van der Waals surface area contributed by atoms with Gasteiger partial charge in [-0.05, 0) is 49.2 Å². The molecule has 1 heterocycles. The fraction of sp³-hybridized carbons (Fsp3) is 0.333. The molecule has 158 valence electrons. The zero-order valence-corrected chi connectivity index (χ0v) is 17.2. The molecule has 6 nitrogen and oxygen atoms in total. The largest absolute Gasteiger partial charge is 0.487 e. The van der Waals surface area contributed by atoms with E-state index in [-0.39, 0.29) is 18.4 Å². The maximum absolute atomic E-state index is 12.7. The molecule has 0 unspecified atom stereocenters. The number of ether oxygens (including phenoxy) is 1. The van der Waals surface area contributed by atoms with E-state index in [4.69, 9.17) is 4.74 Å². The summed E-state index contributed by atoms with van der Waals surface area (Å²) in [7, 11) is 0. The van der Waals surface area contributed by atoms with E-state index >= 15 is 0 Å². The maximum atomic E-state index is 12.7. The van der Waals surface area contributed by atoms with Crippen LogP contribution < -0.4 is 15.4 Å². The van der Waals surface area contributed by atoms with Gasteiger partial charge in [-0.15, -0.1) is 0 Å². The third kappa shape index (κ3) is 6.11. The average Bonchev–Trinajstić information content (AvgIpc) is 3.06. The summed E-state index contributed by atoms with van der Waals surface area (Å²) < 4.78 is 5.55. The van der Waals surface area contributed by atoms with Crippen LogP contribution in [-0.4, -0.2) is 43.0 Å². The summed E-state index contributed by atoms with van der Waals surface area (Å²) in [6, 6.07) is 14.6. The Labute approximate surface area is 177 Å². The van der Waals surface area contributed by atoms with Crippen molar-refractivity contribution >= 4 is 23.2 Å². The number of carbonyl (C=O) groups is 2. The molecule has 1 aliphatic rings. The lowest BCUT2D eigenvalue weighted by Gasteiger charge is -2.20. The fourth-order valence-corrected chi connectivity index (χ4v) is 3.41. The number of anilines is 2. The van der Waals surface area contributed by atoms with Gasteiger partial charge in [0, 0.05) is 24.3 Å². The highest BCUT2D eigenvalue weighted by molar-refractivity contribution is 5.96. The lowest BCUT2D eigenvalue weighted by molar-refractivity contribution is -0.114. The summed E-state index contributed by atoms with van der Waals surface area (Å²) >= 11 is 0. The molecule has 0 aromatic heterocycles. The van der Waals surface area contributed by atoms with E-state index in [0.29, 0.717) is 23.6 Å². The topological polar surface area (TPSA) is 70.7 Å². The summed E-state index contributed by atoms with van der Waals surface area (Å²) in [5.74, 6) is 0.494. The minimum absolute atomic E-state index is 0.0809. The monoisotopic (exact) mass is 407 g/mol. The fourth-order valence-electron chi connectivity index (χ4n) is 3.41. The second-order valence-corrected chi connectivity index (χ2v) is 7.28. The van der Waals surface area contributed by atoms with Crippen molar-refractivity contribution in [2.45, 2.75) is 25.7 Å². The van der Waals surface area contributed by atoms with Gasteiger partial charge in [0.05, 0.1) is 12.2 Å². The molecule has 0 radical (unpaired) electrons. The minimum Gasteiger partial charge on any atom is -0.487 e. The Bertz CT molecular complexity index is 856. The second-order valence-electron chi connectivity index (χ2n) is 7.28. The van der Waals surface area contributed by atoms with Crippen LogP contribution in [0.15, 0.2) is 61.2 Å². The molecule has 1 fully saturated rings. The van der Waals surface area contributed by atoms with E-state index in [0.717, 1.165) is 31.6 Å². The zero-order valence-electron chi connectivity index (χ0n) is 17.2. The van der Waals surface area contributed by atoms with Crippen LogP contribution >= 0.6 is 0 Å². The van der Waals surface area contributed by atoms with Crippen molar-refractivity contribution in [3.05, 3.63) is 66.7 Å². The molecule has 2 amide bonds. The van der Waals surface area contributed by atoms with E-state index in [2.05, 4.69) is 17.2 Å². The van der Waals surface area contributed by atoms with E-state index < -0.39 is 0 Å². The van der Waals surface area contributed by atoms with Crippen molar-refractivity contribution < 1.29 is 14.3 Å². The summed E-state index contributed by atoms with van der Waals surface area (Å²) in [6.45, 7) is 5.77. The lowest BCUT2D eigenvalue weighted by Crippen LogP contribution is -2.31. The second kappa shape index (κ2) is 11.0. The Balaban J connectivity index is 1.52. The number of nitrogens with zero attached hydrogens (tertiary/aromatic N) is 1. The Morgan fingerprint density at radius 3 is 2.40 bits per heavy atom. The highest BCUT2D eigenvalue weighted by Gasteiger charge is 2.17. The number of nitrogens with one attached hydrogen (secondary N) is 2. The molecular weight excluding hydrogens is 378 g/mol. The maximum Gasteiger partial charge on any atom is 0.253 e. The van der Waals surface area contributed by atoms with Gasteiger partial charge in [-0.3, -0.25) is 9.59 Å². The van der Waals surface area contributed by atoms with Crippen LogP contribution in [-0.2, 0) is 4.79 Å². The van der Waals surface area contributed by atoms with E-state index in [1.807, 2.05) is 41.3 Å². The molecule has 2 aromatic rings. The molecule has 2 N–H and O–H groups in total. The number of para-hydroxylation sites is 2. The number of rotatable bonds is 8. The van der Waals surface area contributed by atoms with Gasteiger partial charge in [-0.1, -0.05) is 37.6 Å². The Morgan fingerprint density at radius 1 is 1.00 bits per heavy atom. The molecule has 2 aromatic carbocycles. The molecule has 3 rings (SSSR count). The van der Waals surface area contributed by atoms with Crippen molar-refractivity contribution in [1.29, 1.82) is 0 Å². The van der Waals surface area contributed by atoms with E-state index in [1.165, 1.54) is 12.8 Å². The Hall–Kier alpha value is -3.28. The molecule has 0 saturated carbocycles. The molecule has 0 bridgehead atoms. The normalized spacial score (nSPS) is 13.8. The van der Waals surface area contributed by atoms with Crippen LogP contribution in [0.1, 0.15) is 36.0 Å². The highest BCUT2D eigenvalue weighted by atomic mass is 16.5. The number of likely N-dealkylation sites (tertiary alicyclic amines) is 1.